The Bertz CT molecular complexity index is 1340. The number of ketones is 1. The van der Waals surface area contributed by atoms with Crippen molar-refractivity contribution in [1.82, 2.24) is 15.6 Å². The van der Waals surface area contributed by atoms with Gasteiger partial charge in [-0.3, -0.25) is 14.4 Å². The molecule has 3 N–H and O–H groups in total. The lowest BCUT2D eigenvalue weighted by Crippen LogP contribution is -2.54. The monoisotopic (exact) mass is 676 g/mol. The highest BCUT2D eigenvalue weighted by molar-refractivity contribution is 14.1. The van der Waals surface area contributed by atoms with Crippen LogP contribution in [0.15, 0.2) is 23.7 Å². The quantitative estimate of drug-likeness (QED) is 0.335. The molecule has 5 atom stereocenters. The number of nitrogens with zero attached hydrogens (tertiary/aromatic N) is 2. The number of carbonyl (C=O) groups is 3. The average molecular weight is 677 g/mol. The van der Waals surface area contributed by atoms with Crippen molar-refractivity contribution < 1.29 is 19.5 Å². The second-order valence-corrected chi connectivity index (χ2v) is 14.4. The number of nitriles is 1. The molecule has 2 aliphatic carbocycles. The van der Waals surface area contributed by atoms with E-state index in [0.29, 0.717) is 19.3 Å². The number of aryl methyl sites for hydroxylation is 1. The van der Waals surface area contributed by atoms with Crippen molar-refractivity contribution in [3.63, 3.8) is 0 Å². The fourth-order valence-electron chi connectivity index (χ4n) is 5.48. The molecule has 2 fully saturated rings. The fraction of sp³-hybridized carbons (Fsp3) is 0.567. The van der Waals surface area contributed by atoms with Gasteiger partial charge in [-0.2, -0.15) is 5.26 Å². The van der Waals surface area contributed by atoms with Crippen LogP contribution in [0.2, 0.25) is 0 Å². The van der Waals surface area contributed by atoms with Crippen molar-refractivity contribution in [3.05, 3.63) is 38.5 Å². The normalized spacial score (nSPS) is 23.4. The molecule has 2 aromatic rings. The molecule has 0 spiro atoms. The summed E-state index contributed by atoms with van der Waals surface area (Å²) in [7, 11) is 0. The Kier molecular flexibility index (Phi) is 9.07. The summed E-state index contributed by atoms with van der Waals surface area (Å²) in [6.07, 6.45) is 1.04. The summed E-state index contributed by atoms with van der Waals surface area (Å²) in [5, 5.41) is 26.0. The van der Waals surface area contributed by atoms with E-state index in [1.807, 2.05) is 52.3 Å². The molecule has 1 aromatic carbocycles. The first-order valence-corrected chi connectivity index (χ1v) is 15.7. The van der Waals surface area contributed by atoms with E-state index in [1.54, 1.807) is 11.3 Å². The van der Waals surface area contributed by atoms with Crippen molar-refractivity contribution in [3.8, 4) is 16.5 Å². The number of carbonyl (C=O) groups excluding carboxylic acids is 3. The molecule has 2 amide bonds. The van der Waals surface area contributed by atoms with Crippen molar-refractivity contribution in [2.45, 2.75) is 84.9 Å². The average Bonchev–Trinajstić information content (AvgIpc) is 3.58. The van der Waals surface area contributed by atoms with Gasteiger partial charge >= 0.3 is 0 Å². The SMILES string of the molecule is Cc1ncsc1-c1ccc(C(C)NC(=O)[C@H]2CC(C(=O)[C@@H](NC(=O)C3(C#N)CC3)C(C)(C)C)C[C@H](O)C2)c(I)c1. The van der Waals surface area contributed by atoms with Crippen LogP contribution < -0.4 is 10.6 Å². The number of aliphatic hydroxyl groups excluding tert-OH is 1. The highest BCUT2D eigenvalue weighted by Crippen LogP contribution is 2.45. The third kappa shape index (κ3) is 6.58. The number of amides is 2. The molecule has 1 aromatic heterocycles. The maximum Gasteiger partial charge on any atom is 0.241 e. The van der Waals surface area contributed by atoms with E-state index in [4.69, 9.17) is 0 Å². The number of rotatable bonds is 8. The van der Waals surface area contributed by atoms with Gasteiger partial charge in [-0.1, -0.05) is 32.9 Å². The first-order chi connectivity index (χ1) is 18.8. The van der Waals surface area contributed by atoms with E-state index in [0.717, 1.165) is 25.3 Å². The Morgan fingerprint density at radius 1 is 1.18 bits per heavy atom. The minimum Gasteiger partial charge on any atom is -0.393 e. The number of benzene rings is 1. The van der Waals surface area contributed by atoms with Gasteiger partial charge in [0.25, 0.3) is 0 Å². The van der Waals surface area contributed by atoms with Crippen LogP contribution in [0.4, 0.5) is 0 Å². The van der Waals surface area contributed by atoms with Crippen molar-refractivity contribution in [1.29, 1.82) is 5.26 Å². The largest absolute Gasteiger partial charge is 0.393 e. The Morgan fingerprint density at radius 3 is 2.40 bits per heavy atom. The molecular weight excluding hydrogens is 639 g/mol. The van der Waals surface area contributed by atoms with Gasteiger partial charge in [-0.25, -0.2) is 4.98 Å². The van der Waals surface area contributed by atoms with E-state index >= 15 is 0 Å². The summed E-state index contributed by atoms with van der Waals surface area (Å²) in [6.45, 7) is 9.53. The molecule has 4 rings (SSSR count). The number of aromatic nitrogens is 1. The minimum absolute atomic E-state index is 0.192. The van der Waals surface area contributed by atoms with Crippen LogP contribution in [0.3, 0.4) is 0 Å². The first-order valence-electron chi connectivity index (χ1n) is 13.7. The van der Waals surface area contributed by atoms with Crippen LogP contribution >= 0.6 is 33.9 Å². The molecule has 0 aliphatic heterocycles. The van der Waals surface area contributed by atoms with Crippen molar-refractivity contribution >= 4 is 51.5 Å². The van der Waals surface area contributed by atoms with Crippen LogP contribution in [0, 0.1) is 44.5 Å². The summed E-state index contributed by atoms with van der Waals surface area (Å²) in [5.41, 5.74) is 3.27. The van der Waals surface area contributed by atoms with Crippen LogP contribution in [0.25, 0.3) is 10.4 Å². The predicted octanol–water partition coefficient (Wildman–Crippen LogP) is 5.08. The number of hydrogen-bond donors (Lipinski definition) is 3. The summed E-state index contributed by atoms with van der Waals surface area (Å²) in [6, 6.07) is 7.17. The second-order valence-electron chi connectivity index (χ2n) is 12.4. The zero-order valence-electron chi connectivity index (χ0n) is 23.6. The van der Waals surface area contributed by atoms with Crippen molar-refractivity contribution in [2.24, 2.45) is 22.7 Å². The molecule has 214 valence electrons. The van der Waals surface area contributed by atoms with Gasteiger partial charge in [0.05, 0.1) is 40.3 Å². The van der Waals surface area contributed by atoms with Gasteiger partial charge in [0, 0.05) is 15.4 Å². The van der Waals surface area contributed by atoms with Gasteiger partial charge < -0.3 is 15.7 Å². The van der Waals surface area contributed by atoms with Gasteiger partial charge in [-0.05, 0) is 91.2 Å². The fourth-order valence-corrected chi connectivity index (χ4v) is 7.26. The van der Waals surface area contributed by atoms with E-state index in [9.17, 15) is 24.8 Å². The molecule has 2 saturated carbocycles. The third-order valence-corrected chi connectivity index (χ3v) is 10.0. The smallest absolute Gasteiger partial charge is 0.241 e. The molecule has 0 saturated heterocycles. The number of aliphatic hydroxyl groups is 1. The number of nitrogens with one attached hydrogen (secondary N) is 2. The minimum atomic E-state index is -1.04. The number of thiazole rings is 1. The van der Waals surface area contributed by atoms with Gasteiger partial charge in [0.1, 0.15) is 5.41 Å². The zero-order valence-corrected chi connectivity index (χ0v) is 26.6. The molecule has 1 heterocycles. The van der Waals surface area contributed by atoms with Gasteiger partial charge in [0.2, 0.25) is 11.8 Å². The maximum atomic E-state index is 13.7. The Hall–Kier alpha value is -2.36. The highest BCUT2D eigenvalue weighted by Gasteiger charge is 2.52. The number of halogens is 1. The van der Waals surface area contributed by atoms with Crippen LogP contribution in [0.1, 0.15) is 77.1 Å². The van der Waals surface area contributed by atoms with Crippen LogP contribution in [0.5, 0.6) is 0 Å². The lowest BCUT2D eigenvalue weighted by molar-refractivity contribution is -0.138. The standard InChI is InChI=1S/C30H37IN4O4S/c1-16(22-7-6-18(13-23(22)31)25-17(2)33-15-40-25)34-27(38)20-10-19(11-21(36)12-20)24(37)26(29(3,4)5)35-28(39)30(14-32)8-9-30/h6-7,13,15-16,19-21,26,36H,8-12H2,1-5H3,(H,34,38)(H,35,39)/t16?,19?,20-,21-,26+/m0/s1. The second kappa shape index (κ2) is 11.9. The van der Waals surface area contributed by atoms with Gasteiger partial charge in [-0.15, -0.1) is 11.3 Å². The predicted molar refractivity (Wildman–Crippen MR) is 162 cm³/mol. The summed E-state index contributed by atoms with van der Waals surface area (Å²) in [5.74, 6) is -1.89. The topological polar surface area (TPSA) is 132 Å². The highest BCUT2D eigenvalue weighted by atomic mass is 127. The van der Waals surface area contributed by atoms with E-state index in [-0.39, 0.29) is 30.6 Å². The third-order valence-electron chi connectivity index (χ3n) is 8.11. The van der Waals surface area contributed by atoms with Crippen LogP contribution in [-0.2, 0) is 14.4 Å². The molecule has 2 unspecified atom stereocenters. The van der Waals surface area contributed by atoms with Crippen molar-refractivity contribution in [2.75, 3.05) is 0 Å². The molecule has 2 aliphatic rings. The summed E-state index contributed by atoms with van der Waals surface area (Å²) >= 11 is 3.88. The lowest BCUT2D eigenvalue weighted by Gasteiger charge is -2.37. The molecule has 0 bridgehead atoms. The Morgan fingerprint density at radius 2 is 1.85 bits per heavy atom. The lowest BCUT2D eigenvalue weighted by atomic mass is 9.72. The maximum absolute atomic E-state index is 13.7. The summed E-state index contributed by atoms with van der Waals surface area (Å²) in [4.78, 5) is 45.4. The molecule has 8 nitrogen and oxygen atoms in total. The van der Waals surface area contributed by atoms with Gasteiger partial charge in [0.15, 0.2) is 5.78 Å². The molecule has 0 radical (unpaired) electrons. The van der Waals surface area contributed by atoms with E-state index in [1.165, 1.54) is 0 Å². The Labute approximate surface area is 253 Å². The molecule has 10 heteroatoms. The number of hydrogen-bond acceptors (Lipinski definition) is 7. The Balaban J connectivity index is 1.44. The molecular formula is C30H37IN4O4S. The number of Topliss-reactive ketones (excluding diaryl/α,β-unsaturated/α-hetero) is 1. The zero-order chi connectivity index (χ0) is 29.4. The van der Waals surface area contributed by atoms with E-state index in [2.05, 4.69) is 50.3 Å². The first kappa shape index (κ1) is 30.6. The van der Waals surface area contributed by atoms with Crippen LogP contribution in [-0.4, -0.2) is 39.8 Å². The molecule has 40 heavy (non-hydrogen) atoms. The summed E-state index contributed by atoms with van der Waals surface area (Å²) < 4.78 is 1.03. The van der Waals surface area contributed by atoms with E-state index < -0.39 is 40.7 Å².